The molecule has 8 rings (SSSR count). The predicted molar refractivity (Wildman–Crippen MR) is 180 cm³/mol. The number of ether oxygens (including phenoxy) is 6. The number of rotatable bonds is 5. The highest BCUT2D eigenvalue weighted by Gasteiger charge is 2.70. The minimum Gasteiger partial charge on any atom is -0.512 e. The Balaban J connectivity index is 0.984. The summed E-state index contributed by atoms with van der Waals surface area (Å²) in [6, 6.07) is 0. The lowest BCUT2D eigenvalue weighted by molar-refractivity contribution is -0.388. The maximum atomic E-state index is 11.9. The van der Waals surface area contributed by atoms with Crippen LogP contribution in [0.5, 0.6) is 0 Å². The quantitative estimate of drug-likeness (QED) is 0.198. The van der Waals surface area contributed by atoms with Gasteiger partial charge in [-0.15, -0.1) is 0 Å². The van der Waals surface area contributed by atoms with Crippen LogP contribution in [-0.2, 0) is 28.4 Å². The van der Waals surface area contributed by atoms with E-state index in [1.54, 1.807) is 0 Å². The van der Waals surface area contributed by atoms with Gasteiger partial charge >= 0.3 is 0 Å². The van der Waals surface area contributed by atoms with E-state index in [0.29, 0.717) is 36.4 Å². The number of hydrogen-bond acceptors (Lipinski definition) is 14. The molecule has 0 radical (unpaired) electrons. The highest BCUT2D eigenvalue weighted by Crippen LogP contribution is 2.71. The van der Waals surface area contributed by atoms with E-state index in [9.17, 15) is 40.9 Å². The molecule has 1 spiro atoms. The average Bonchev–Trinajstić information content (AvgIpc) is 3.56. The van der Waals surface area contributed by atoms with E-state index < -0.39 is 80.1 Å². The SMILES string of the molecule is C[C@@H]1CC[C@@]2(OC1)O[C@H]1C[C@@H]3[C@@H]4C(O)=C[C@@H]5C[C@H](O[C@@H]6O[C@H](CO)[C@@H](O)[C@H](O)[C@H]6O[C@H]6O[C@@H](O)[C@H](O)[C@@H](O)[C@H]6O)CC[C@]5(C)[C@H]4CC[C@]3(C)[C@@H]1[C@@H]2C. The van der Waals surface area contributed by atoms with Crippen molar-refractivity contribution in [3.8, 4) is 0 Å². The number of fused-ring (bicyclic) bond motifs is 7. The van der Waals surface area contributed by atoms with Crippen LogP contribution in [0.15, 0.2) is 11.8 Å². The van der Waals surface area contributed by atoms with E-state index in [2.05, 4.69) is 27.7 Å². The van der Waals surface area contributed by atoms with Crippen molar-refractivity contribution in [2.24, 2.45) is 52.3 Å². The molecule has 3 saturated carbocycles. The van der Waals surface area contributed by atoms with Crippen molar-refractivity contribution in [1.82, 2.24) is 0 Å². The Bertz CT molecular complexity index is 1340. The number of aliphatic hydroxyl groups excluding tert-OH is 8. The Morgan fingerprint density at radius 1 is 0.788 bits per heavy atom. The summed E-state index contributed by atoms with van der Waals surface area (Å²) >= 11 is 0. The fourth-order valence-electron chi connectivity index (χ4n) is 12.4. The number of hydrogen-bond donors (Lipinski definition) is 8. The van der Waals surface area contributed by atoms with Crippen molar-refractivity contribution in [3.05, 3.63) is 11.8 Å². The molecule has 4 saturated heterocycles. The van der Waals surface area contributed by atoms with Gasteiger partial charge in [-0.1, -0.05) is 27.7 Å². The van der Waals surface area contributed by atoms with Gasteiger partial charge in [0.25, 0.3) is 0 Å². The molecule has 0 amide bonds. The summed E-state index contributed by atoms with van der Waals surface area (Å²) in [5.74, 6) is 1.82. The normalized spacial score (nSPS) is 58.9. The fourth-order valence-corrected chi connectivity index (χ4v) is 12.4. The highest BCUT2D eigenvalue weighted by molar-refractivity contribution is 5.23. The summed E-state index contributed by atoms with van der Waals surface area (Å²) in [6.45, 7) is 9.47. The molecule has 22 atom stereocenters. The summed E-state index contributed by atoms with van der Waals surface area (Å²) in [6.07, 6.45) is -7.34. The second kappa shape index (κ2) is 13.6. The van der Waals surface area contributed by atoms with E-state index in [-0.39, 0.29) is 40.6 Å². The van der Waals surface area contributed by atoms with E-state index in [0.717, 1.165) is 45.1 Å². The number of aliphatic hydroxyl groups is 8. The monoisotopic (exact) mass is 740 g/mol. The second-order valence-electron chi connectivity index (χ2n) is 18.2. The van der Waals surface area contributed by atoms with Crippen LogP contribution in [0.3, 0.4) is 0 Å². The molecule has 0 aromatic heterocycles. The standard InChI is InChI=1S/C38H60O14/c1-16-5-10-38(47-15-16)17(2)26-23(52-38)13-21-25-20(7-9-37(21,26)4)36(3)8-6-19(11-18(36)12-22(25)40)48-35-32(29(43)27(41)24(14-39)49-35)50-34-31(45)28(42)30(44)33(46)51-34/h12,16-21,23-35,39-46H,5-11,13-15H2,1-4H3/t16-,17+,18+,19-,20+,21-,23+,24-,25-,26-,27-,28-,29+,30-,31-,32-,33-,34+,35-,36+,37+,38-/m1/s1. The summed E-state index contributed by atoms with van der Waals surface area (Å²) < 4.78 is 36.7. The molecule has 0 aromatic carbocycles. The van der Waals surface area contributed by atoms with Crippen molar-refractivity contribution in [1.29, 1.82) is 0 Å². The summed E-state index contributed by atoms with van der Waals surface area (Å²) in [4.78, 5) is 0. The summed E-state index contributed by atoms with van der Waals surface area (Å²) in [5.41, 5.74) is -0.0553. The van der Waals surface area contributed by atoms with Crippen molar-refractivity contribution < 1.29 is 69.3 Å². The van der Waals surface area contributed by atoms with Crippen LogP contribution < -0.4 is 0 Å². The van der Waals surface area contributed by atoms with Crippen LogP contribution in [0.4, 0.5) is 0 Å². The Morgan fingerprint density at radius 3 is 2.25 bits per heavy atom. The van der Waals surface area contributed by atoms with Crippen LogP contribution in [0, 0.1) is 52.3 Å². The molecule has 8 aliphatic rings. The Hall–Kier alpha value is -0.980. The van der Waals surface area contributed by atoms with Crippen molar-refractivity contribution in [2.75, 3.05) is 13.2 Å². The van der Waals surface area contributed by atoms with Gasteiger partial charge in [-0.05, 0) is 91.4 Å². The van der Waals surface area contributed by atoms with Crippen LogP contribution in [-0.4, -0.2) is 134 Å². The van der Waals surface area contributed by atoms with Gasteiger partial charge in [0.15, 0.2) is 24.7 Å². The molecule has 4 heterocycles. The average molecular weight is 741 g/mol. The van der Waals surface area contributed by atoms with Gasteiger partial charge in [0.1, 0.15) is 42.7 Å². The molecule has 0 unspecified atom stereocenters. The second-order valence-corrected chi connectivity index (χ2v) is 18.2. The van der Waals surface area contributed by atoms with Gasteiger partial charge in [0.05, 0.1) is 31.2 Å². The third kappa shape index (κ3) is 5.77. The predicted octanol–water partition coefficient (Wildman–Crippen LogP) is 1.06. The van der Waals surface area contributed by atoms with Gasteiger partial charge in [-0.3, -0.25) is 0 Å². The molecule has 296 valence electrons. The first kappa shape index (κ1) is 37.9. The third-order valence-electron chi connectivity index (χ3n) is 15.5. The first-order chi connectivity index (χ1) is 24.6. The molecule has 52 heavy (non-hydrogen) atoms. The maximum Gasteiger partial charge on any atom is 0.189 e. The Morgan fingerprint density at radius 2 is 1.54 bits per heavy atom. The van der Waals surface area contributed by atoms with Crippen LogP contribution in [0.2, 0.25) is 0 Å². The van der Waals surface area contributed by atoms with Gasteiger partial charge in [-0.2, -0.15) is 0 Å². The Kier molecular flexibility index (Phi) is 9.92. The van der Waals surface area contributed by atoms with E-state index >= 15 is 0 Å². The number of allylic oxidation sites excluding steroid dienone is 2. The van der Waals surface area contributed by atoms with Crippen LogP contribution in [0.1, 0.15) is 79.1 Å². The molecule has 0 bridgehead atoms. The largest absolute Gasteiger partial charge is 0.512 e. The van der Waals surface area contributed by atoms with Crippen molar-refractivity contribution >= 4 is 0 Å². The van der Waals surface area contributed by atoms with Crippen molar-refractivity contribution in [3.63, 3.8) is 0 Å². The van der Waals surface area contributed by atoms with Crippen LogP contribution >= 0.6 is 0 Å². The van der Waals surface area contributed by atoms with Gasteiger partial charge in [0, 0.05) is 18.3 Å². The van der Waals surface area contributed by atoms with E-state index in [1.807, 2.05) is 6.08 Å². The van der Waals surface area contributed by atoms with Crippen LogP contribution in [0.25, 0.3) is 0 Å². The molecular weight excluding hydrogens is 680 g/mol. The van der Waals surface area contributed by atoms with Gasteiger partial charge in [-0.25, -0.2) is 0 Å². The van der Waals surface area contributed by atoms with Gasteiger partial charge < -0.3 is 69.3 Å². The molecule has 4 aliphatic heterocycles. The molecule has 14 nitrogen and oxygen atoms in total. The van der Waals surface area contributed by atoms with E-state index in [1.165, 1.54) is 0 Å². The molecular formula is C38H60O14. The first-order valence-electron chi connectivity index (χ1n) is 19.7. The molecule has 4 aliphatic carbocycles. The zero-order valence-electron chi connectivity index (χ0n) is 30.6. The molecule has 7 fully saturated rings. The zero-order valence-corrected chi connectivity index (χ0v) is 30.6. The maximum absolute atomic E-state index is 11.9. The smallest absolute Gasteiger partial charge is 0.189 e. The van der Waals surface area contributed by atoms with Crippen molar-refractivity contribution in [2.45, 2.75) is 159 Å². The zero-order chi connectivity index (χ0) is 37.1. The topological polar surface area (TPSA) is 217 Å². The fraction of sp³-hybridized carbons (Fsp3) is 0.947. The van der Waals surface area contributed by atoms with E-state index in [4.69, 9.17) is 28.4 Å². The Labute approximate surface area is 305 Å². The highest BCUT2D eigenvalue weighted by atomic mass is 16.8. The molecule has 14 heteroatoms. The molecule has 8 N–H and O–H groups in total. The lowest BCUT2D eigenvalue weighted by Gasteiger charge is -2.60. The summed E-state index contributed by atoms with van der Waals surface area (Å²) in [7, 11) is 0. The van der Waals surface area contributed by atoms with Gasteiger partial charge in [0.2, 0.25) is 0 Å². The minimum absolute atomic E-state index is 0.00350. The third-order valence-corrected chi connectivity index (χ3v) is 15.5. The molecule has 0 aromatic rings. The lowest BCUT2D eigenvalue weighted by Crippen LogP contribution is -2.64. The lowest BCUT2D eigenvalue weighted by atomic mass is 9.45. The minimum atomic E-state index is -1.88. The first-order valence-corrected chi connectivity index (χ1v) is 19.7. The summed E-state index contributed by atoms with van der Waals surface area (Å²) in [5, 5.41) is 84.2.